The molecule has 0 heterocycles. The van der Waals surface area contributed by atoms with E-state index in [4.69, 9.17) is 28.3 Å². The molecule has 7 heteroatoms. The van der Waals surface area contributed by atoms with E-state index in [0.29, 0.717) is 16.3 Å². The van der Waals surface area contributed by atoms with Crippen LogP contribution < -0.4 is 4.72 Å². The summed E-state index contributed by atoms with van der Waals surface area (Å²) in [6.07, 6.45) is 0. The van der Waals surface area contributed by atoms with Crippen molar-refractivity contribution < 1.29 is 13.5 Å². The molecule has 0 atom stereocenters. The largest absolute Gasteiger partial charge is 0.392 e. The summed E-state index contributed by atoms with van der Waals surface area (Å²) in [4.78, 5) is 0.0152. The summed E-state index contributed by atoms with van der Waals surface area (Å²) in [5, 5.41) is 9.71. The normalized spacial score (nSPS) is 11.4. The Morgan fingerprint density at radius 2 is 1.81 bits per heavy atom. The highest BCUT2D eigenvalue weighted by Crippen LogP contribution is 2.25. The van der Waals surface area contributed by atoms with Gasteiger partial charge in [0.25, 0.3) is 10.0 Å². The predicted octanol–water partition coefficient (Wildman–Crippen LogP) is 3.59. The second-order valence-corrected chi connectivity index (χ2v) is 6.98. The summed E-state index contributed by atoms with van der Waals surface area (Å²) in [7, 11) is -3.77. The number of benzene rings is 2. The minimum Gasteiger partial charge on any atom is -0.392 e. The number of nitrogens with one attached hydrogen (secondary N) is 1. The molecule has 0 aliphatic rings. The van der Waals surface area contributed by atoms with Crippen molar-refractivity contribution >= 4 is 38.9 Å². The molecule has 112 valence electrons. The second kappa shape index (κ2) is 6.23. The van der Waals surface area contributed by atoms with E-state index < -0.39 is 10.0 Å². The number of hydrogen-bond donors (Lipinski definition) is 2. The Kier molecular flexibility index (Phi) is 4.78. The molecule has 2 rings (SSSR count). The maximum absolute atomic E-state index is 12.3. The maximum Gasteiger partial charge on any atom is 0.261 e. The van der Waals surface area contributed by atoms with Gasteiger partial charge in [-0.3, -0.25) is 4.72 Å². The summed E-state index contributed by atoms with van der Waals surface area (Å²) in [6, 6.07) is 9.04. The van der Waals surface area contributed by atoms with Crippen LogP contribution >= 0.6 is 23.2 Å². The minimum absolute atomic E-state index is 0.0152. The van der Waals surface area contributed by atoms with Crippen molar-refractivity contribution in [2.24, 2.45) is 0 Å². The molecule has 2 N–H and O–H groups in total. The monoisotopic (exact) mass is 345 g/mol. The quantitative estimate of drug-likeness (QED) is 0.889. The number of sulfonamides is 1. The van der Waals surface area contributed by atoms with Crippen molar-refractivity contribution in [3.05, 3.63) is 57.6 Å². The van der Waals surface area contributed by atoms with E-state index in [2.05, 4.69) is 4.72 Å². The van der Waals surface area contributed by atoms with Gasteiger partial charge in [-0.1, -0.05) is 35.3 Å². The molecule has 0 amide bonds. The third-order valence-corrected chi connectivity index (χ3v) is 5.07. The van der Waals surface area contributed by atoms with Gasteiger partial charge in [0, 0.05) is 10.0 Å². The van der Waals surface area contributed by atoms with E-state index >= 15 is 0 Å². The number of rotatable bonds is 4. The predicted molar refractivity (Wildman–Crippen MR) is 84.4 cm³/mol. The first kappa shape index (κ1) is 16.1. The zero-order chi connectivity index (χ0) is 15.6. The lowest BCUT2D eigenvalue weighted by atomic mass is 10.2. The molecule has 0 fully saturated rings. The van der Waals surface area contributed by atoms with Crippen molar-refractivity contribution in [3.63, 3.8) is 0 Å². The van der Waals surface area contributed by atoms with Crippen LogP contribution in [0.25, 0.3) is 0 Å². The molecular weight excluding hydrogens is 333 g/mol. The van der Waals surface area contributed by atoms with E-state index in [-0.39, 0.29) is 16.5 Å². The Labute approximate surface area is 133 Å². The van der Waals surface area contributed by atoms with E-state index in [0.717, 1.165) is 5.56 Å². The van der Waals surface area contributed by atoms with Gasteiger partial charge in [-0.05, 0) is 42.3 Å². The van der Waals surface area contributed by atoms with Crippen LogP contribution in [0.1, 0.15) is 11.1 Å². The van der Waals surface area contributed by atoms with Gasteiger partial charge in [-0.2, -0.15) is 0 Å². The van der Waals surface area contributed by atoms with Gasteiger partial charge in [-0.15, -0.1) is 0 Å². The summed E-state index contributed by atoms with van der Waals surface area (Å²) in [5.41, 5.74) is 1.69. The van der Waals surface area contributed by atoms with Gasteiger partial charge in [0.15, 0.2) is 0 Å². The van der Waals surface area contributed by atoms with Gasteiger partial charge in [0.1, 0.15) is 0 Å². The highest BCUT2D eigenvalue weighted by atomic mass is 35.5. The van der Waals surface area contributed by atoms with Gasteiger partial charge < -0.3 is 5.11 Å². The Hall–Kier alpha value is -1.27. The van der Waals surface area contributed by atoms with Crippen molar-refractivity contribution in [1.29, 1.82) is 0 Å². The number of hydrogen-bond acceptors (Lipinski definition) is 3. The molecular formula is C14H13Cl2NO3S. The van der Waals surface area contributed by atoms with Crippen LogP contribution in [0.3, 0.4) is 0 Å². The zero-order valence-corrected chi connectivity index (χ0v) is 13.4. The number of anilines is 1. The number of halogens is 2. The van der Waals surface area contributed by atoms with E-state index in [9.17, 15) is 8.42 Å². The lowest BCUT2D eigenvalue weighted by molar-refractivity contribution is 0.282. The fourth-order valence-corrected chi connectivity index (χ4v) is 3.25. The lowest BCUT2D eigenvalue weighted by Crippen LogP contribution is -2.13. The Morgan fingerprint density at radius 3 is 2.38 bits per heavy atom. The van der Waals surface area contributed by atoms with Crippen LogP contribution in [-0.4, -0.2) is 13.5 Å². The van der Waals surface area contributed by atoms with Gasteiger partial charge >= 0.3 is 0 Å². The Morgan fingerprint density at radius 1 is 1.10 bits per heavy atom. The molecule has 4 nitrogen and oxygen atoms in total. The maximum atomic E-state index is 12.3. The van der Waals surface area contributed by atoms with Crippen LogP contribution in [-0.2, 0) is 16.6 Å². The molecule has 0 aliphatic heterocycles. The molecule has 2 aromatic carbocycles. The van der Waals surface area contributed by atoms with E-state index in [1.807, 2.05) is 6.92 Å². The fraction of sp³-hybridized carbons (Fsp3) is 0.143. The zero-order valence-electron chi connectivity index (χ0n) is 11.1. The SMILES string of the molecule is Cc1ccc(NS(=O)(=O)c2ccc(CO)c(Cl)c2)cc1Cl. The Balaban J connectivity index is 2.33. The second-order valence-electron chi connectivity index (χ2n) is 4.48. The highest BCUT2D eigenvalue weighted by molar-refractivity contribution is 7.92. The van der Waals surface area contributed by atoms with E-state index in [1.54, 1.807) is 12.1 Å². The van der Waals surface area contributed by atoms with Crippen LogP contribution in [0, 0.1) is 6.92 Å². The number of aliphatic hydroxyl groups excluding tert-OH is 1. The van der Waals surface area contributed by atoms with Gasteiger partial charge in [0.05, 0.1) is 17.2 Å². The van der Waals surface area contributed by atoms with Crippen LogP contribution in [0.5, 0.6) is 0 Å². The minimum atomic E-state index is -3.77. The topological polar surface area (TPSA) is 66.4 Å². The highest BCUT2D eigenvalue weighted by Gasteiger charge is 2.16. The Bertz CT molecular complexity index is 776. The standard InChI is InChI=1S/C14H13Cl2NO3S/c1-9-2-4-11(6-13(9)15)17-21(19,20)12-5-3-10(8-18)14(16)7-12/h2-7,17-18H,8H2,1H3. The number of aryl methyl sites for hydroxylation is 1. The molecule has 0 saturated carbocycles. The van der Waals surface area contributed by atoms with E-state index in [1.165, 1.54) is 24.3 Å². The fourth-order valence-electron chi connectivity index (χ4n) is 1.69. The third-order valence-electron chi connectivity index (χ3n) is 2.93. The van der Waals surface area contributed by atoms with Gasteiger partial charge in [0.2, 0.25) is 0 Å². The third kappa shape index (κ3) is 3.68. The summed E-state index contributed by atoms with van der Waals surface area (Å²) in [6.45, 7) is 1.58. The first-order valence-electron chi connectivity index (χ1n) is 6.02. The summed E-state index contributed by atoms with van der Waals surface area (Å²) < 4.78 is 27.0. The molecule has 0 radical (unpaired) electrons. The number of aliphatic hydroxyl groups is 1. The molecule has 21 heavy (non-hydrogen) atoms. The van der Waals surface area contributed by atoms with Crippen LogP contribution in [0.15, 0.2) is 41.3 Å². The lowest BCUT2D eigenvalue weighted by Gasteiger charge is -2.10. The average Bonchev–Trinajstić information content (AvgIpc) is 2.42. The first-order valence-corrected chi connectivity index (χ1v) is 8.25. The molecule has 0 saturated heterocycles. The van der Waals surface area contributed by atoms with Crippen molar-refractivity contribution in [2.75, 3.05) is 4.72 Å². The van der Waals surface area contributed by atoms with Crippen molar-refractivity contribution in [3.8, 4) is 0 Å². The van der Waals surface area contributed by atoms with Gasteiger partial charge in [-0.25, -0.2) is 8.42 Å². The molecule has 0 aliphatic carbocycles. The summed E-state index contributed by atoms with van der Waals surface area (Å²) in [5.74, 6) is 0. The summed E-state index contributed by atoms with van der Waals surface area (Å²) >= 11 is 11.9. The van der Waals surface area contributed by atoms with Crippen molar-refractivity contribution in [1.82, 2.24) is 0 Å². The molecule has 0 aromatic heterocycles. The average molecular weight is 346 g/mol. The molecule has 0 spiro atoms. The molecule has 0 unspecified atom stereocenters. The van der Waals surface area contributed by atoms with Crippen LogP contribution in [0.2, 0.25) is 10.0 Å². The first-order chi connectivity index (χ1) is 9.83. The van der Waals surface area contributed by atoms with Crippen molar-refractivity contribution in [2.45, 2.75) is 18.4 Å². The molecule has 2 aromatic rings. The molecule has 0 bridgehead atoms. The van der Waals surface area contributed by atoms with Crippen LogP contribution in [0.4, 0.5) is 5.69 Å². The smallest absolute Gasteiger partial charge is 0.261 e.